The van der Waals surface area contributed by atoms with Crippen molar-refractivity contribution in [1.82, 2.24) is 9.88 Å². The highest BCUT2D eigenvalue weighted by molar-refractivity contribution is 6.01. The summed E-state index contributed by atoms with van der Waals surface area (Å²) in [5.74, 6) is 3.16. The molecular weight excluding hydrogens is 484 g/mol. The van der Waals surface area contributed by atoms with Crippen LogP contribution in [0.15, 0.2) is 53.8 Å². The van der Waals surface area contributed by atoms with Crippen LogP contribution >= 0.6 is 0 Å². The van der Waals surface area contributed by atoms with Gasteiger partial charge in [0.25, 0.3) is 0 Å². The van der Waals surface area contributed by atoms with Crippen LogP contribution in [-0.4, -0.2) is 60.7 Å². The standard InChI is InChI=1S/C33H44N4O2/c1-5-34-28-7-6-14-35-31(28)37-17-15-36(16-18-37)21-29(39)30-22(2)19-27-25-9-8-23-20-24(38)10-12-32(23,3)26(25)11-13-33(27,30)4/h6-7,10-12,14,20,22,25,27,30,34H,5,8-9,13,15-19,21H2,1-4H3. The number of carbonyl (C=O) groups excluding carboxylic acids is 2. The zero-order chi connectivity index (χ0) is 27.4. The van der Waals surface area contributed by atoms with E-state index in [1.54, 1.807) is 6.08 Å². The molecule has 2 heterocycles. The summed E-state index contributed by atoms with van der Waals surface area (Å²) in [6, 6.07) is 4.07. The lowest BCUT2D eigenvalue weighted by molar-refractivity contribution is -0.129. The molecule has 208 valence electrons. The van der Waals surface area contributed by atoms with E-state index in [1.807, 2.05) is 18.3 Å². The first-order valence-corrected chi connectivity index (χ1v) is 15.1. The van der Waals surface area contributed by atoms with E-state index in [2.05, 4.69) is 66.0 Å². The lowest BCUT2D eigenvalue weighted by Gasteiger charge is -2.52. The Labute approximate surface area is 233 Å². The van der Waals surface area contributed by atoms with E-state index in [0.717, 1.165) is 69.9 Å². The van der Waals surface area contributed by atoms with Gasteiger partial charge in [-0.05, 0) is 87.0 Å². The fourth-order valence-corrected chi connectivity index (χ4v) is 8.99. The molecule has 5 aliphatic rings. The van der Waals surface area contributed by atoms with Gasteiger partial charge in [-0.15, -0.1) is 0 Å². The maximum atomic E-state index is 14.0. The van der Waals surface area contributed by atoms with Gasteiger partial charge in [-0.2, -0.15) is 0 Å². The Hall–Kier alpha value is -2.73. The van der Waals surface area contributed by atoms with Crippen molar-refractivity contribution in [2.24, 2.45) is 34.5 Å². The molecule has 1 aliphatic heterocycles. The largest absolute Gasteiger partial charge is 0.382 e. The van der Waals surface area contributed by atoms with Gasteiger partial charge in [-0.3, -0.25) is 14.5 Å². The molecular formula is C33H44N4O2. The second kappa shape index (κ2) is 10.0. The van der Waals surface area contributed by atoms with Gasteiger partial charge in [-0.1, -0.05) is 37.1 Å². The summed E-state index contributed by atoms with van der Waals surface area (Å²) in [6.07, 6.45) is 14.3. The summed E-state index contributed by atoms with van der Waals surface area (Å²) in [5.41, 5.74) is 3.77. The van der Waals surface area contributed by atoms with Crippen molar-refractivity contribution in [2.75, 3.05) is 49.5 Å². The molecule has 6 heteroatoms. The number of hydrogen-bond acceptors (Lipinski definition) is 6. The number of nitrogens with one attached hydrogen (secondary N) is 1. The van der Waals surface area contributed by atoms with Crippen LogP contribution in [0.25, 0.3) is 0 Å². The van der Waals surface area contributed by atoms with Gasteiger partial charge in [-0.25, -0.2) is 4.98 Å². The Morgan fingerprint density at radius 1 is 1.21 bits per heavy atom. The molecule has 0 spiro atoms. The van der Waals surface area contributed by atoms with E-state index >= 15 is 0 Å². The van der Waals surface area contributed by atoms with Crippen molar-refractivity contribution in [1.29, 1.82) is 0 Å². The number of ketones is 2. The molecule has 6 atom stereocenters. The number of carbonyl (C=O) groups is 2. The van der Waals surface area contributed by atoms with Gasteiger partial charge in [0, 0.05) is 50.3 Å². The third kappa shape index (κ3) is 4.39. The number of Topliss-reactive ketones (excluding diaryl/α,β-unsaturated/α-hetero) is 1. The molecule has 0 bridgehead atoms. The second-order valence-electron chi connectivity index (χ2n) is 13.1. The maximum absolute atomic E-state index is 14.0. The summed E-state index contributed by atoms with van der Waals surface area (Å²) in [7, 11) is 0. The first-order chi connectivity index (χ1) is 18.7. The molecule has 4 aliphatic carbocycles. The zero-order valence-electron chi connectivity index (χ0n) is 24.1. The summed E-state index contributed by atoms with van der Waals surface area (Å²) < 4.78 is 0. The molecule has 6 rings (SSSR count). The number of anilines is 2. The normalized spacial score (nSPS) is 36.0. The molecule has 6 unspecified atom stereocenters. The van der Waals surface area contributed by atoms with Crippen LogP contribution in [-0.2, 0) is 9.59 Å². The molecule has 1 aromatic rings. The minimum absolute atomic E-state index is 0.0208. The van der Waals surface area contributed by atoms with Crippen molar-refractivity contribution in [3.05, 3.63) is 53.8 Å². The van der Waals surface area contributed by atoms with Gasteiger partial charge < -0.3 is 10.2 Å². The summed E-state index contributed by atoms with van der Waals surface area (Å²) in [5, 5.41) is 3.43. The molecule has 1 saturated heterocycles. The Kier molecular flexibility index (Phi) is 6.81. The zero-order valence-corrected chi connectivity index (χ0v) is 24.1. The first-order valence-electron chi connectivity index (χ1n) is 15.1. The summed E-state index contributed by atoms with van der Waals surface area (Å²) in [4.78, 5) is 35.4. The molecule has 3 fully saturated rings. The maximum Gasteiger partial charge on any atom is 0.178 e. The van der Waals surface area contributed by atoms with Gasteiger partial charge in [0.2, 0.25) is 0 Å². The van der Waals surface area contributed by atoms with Crippen molar-refractivity contribution >= 4 is 23.1 Å². The van der Waals surface area contributed by atoms with Crippen LogP contribution in [0.5, 0.6) is 0 Å². The number of pyridine rings is 1. The monoisotopic (exact) mass is 528 g/mol. The van der Waals surface area contributed by atoms with Crippen molar-refractivity contribution in [3.8, 4) is 0 Å². The predicted molar refractivity (Wildman–Crippen MR) is 157 cm³/mol. The van der Waals surface area contributed by atoms with Gasteiger partial charge >= 0.3 is 0 Å². The summed E-state index contributed by atoms with van der Waals surface area (Å²) in [6.45, 7) is 14.1. The van der Waals surface area contributed by atoms with Crippen molar-refractivity contribution in [2.45, 2.75) is 53.4 Å². The third-order valence-electron chi connectivity index (χ3n) is 10.8. The fraction of sp³-hybridized carbons (Fsp3) is 0.606. The Morgan fingerprint density at radius 2 is 2.00 bits per heavy atom. The van der Waals surface area contributed by atoms with E-state index in [9.17, 15) is 9.59 Å². The predicted octanol–water partition coefficient (Wildman–Crippen LogP) is 5.29. The van der Waals surface area contributed by atoms with Crippen molar-refractivity contribution < 1.29 is 9.59 Å². The number of allylic oxidation sites excluding steroid dienone is 6. The lowest BCUT2D eigenvalue weighted by Crippen LogP contribution is -2.51. The van der Waals surface area contributed by atoms with Gasteiger partial charge in [0.05, 0.1) is 12.2 Å². The van der Waals surface area contributed by atoms with Crippen LogP contribution in [0.1, 0.15) is 53.4 Å². The molecule has 1 aromatic heterocycles. The highest BCUT2D eigenvalue weighted by atomic mass is 16.1. The van der Waals surface area contributed by atoms with Gasteiger partial charge in [0.15, 0.2) is 17.4 Å². The van der Waals surface area contributed by atoms with Crippen LogP contribution in [0, 0.1) is 34.5 Å². The average molecular weight is 529 g/mol. The van der Waals surface area contributed by atoms with Crippen LogP contribution < -0.4 is 10.2 Å². The molecule has 1 N–H and O–H groups in total. The third-order valence-corrected chi connectivity index (χ3v) is 10.8. The first kappa shape index (κ1) is 26.5. The number of hydrogen-bond donors (Lipinski definition) is 1. The minimum atomic E-state index is -0.122. The highest BCUT2D eigenvalue weighted by Crippen LogP contribution is 2.65. The molecule has 0 amide bonds. The van der Waals surface area contributed by atoms with E-state index in [4.69, 9.17) is 0 Å². The number of rotatable bonds is 6. The highest BCUT2D eigenvalue weighted by Gasteiger charge is 2.59. The van der Waals surface area contributed by atoms with E-state index < -0.39 is 0 Å². The topological polar surface area (TPSA) is 65.5 Å². The molecule has 0 radical (unpaired) electrons. The van der Waals surface area contributed by atoms with Crippen LogP contribution in [0.4, 0.5) is 11.5 Å². The molecule has 0 aromatic carbocycles. The van der Waals surface area contributed by atoms with Gasteiger partial charge in [0.1, 0.15) is 0 Å². The molecule has 2 saturated carbocycles. The molecule has 39 heavy (non-hydrogen) atoms. The Balaban J connectivity index is 1.14. The number of fused-ring (bicyclic) bond motifs is 5. The lowest BCUT2D eigenvalue weighted by atomic mass is 9.52. The summed E-state index contributed by atoms with van der Waals surface area (Å²) >= 11 is 0. The number of aromatic nitrogens is 1. The van der Waals surface area contributed by atoms with E-state index in [1.165, 1.54) is 11.1 Å². The molecule has 6 nitrogen and oxygen atoms in total. The van der Waals surface area contributed by atoms with Crippen LogP contribution in [0.3, 0.4) is 0 Å². The van der Waals surface area contributed by atoms with E-state index in [0.29, 0.717) is 30.1 Å². The second-order valence-corrected chi connectivity index (χ2v) is 13.1. The minimum Gasteiger partial charge on any atom is -0.382 e. The number of piperazine rings is 1. The Bertz CT molecular complexity index is 1240. The fourth-order valence-electron chi connectivity index (χ4n) is 8.99. The van der Waals surface area contributed by atoms with Crippen molar-refractivity contribution in [3.63, 3.8) is 0 Å². The average Bonchev–Trinajstić information content (AvgIpc) is 3.20. The Morgan fingerprint density at radius 3 is 2.77 bits per heavy atom. The quantitative estimate of drug-likeness (QED) is 0.506. The smallest absolute Gasteiger partial charge is 0.178 e. The van der Waals surface area contributed by atoms with E-state index in [-0.39, 0.29) is 22.5 Å². The van der Waals surface area contributed by atoms with Crippen LogP contribution in [0.2, 0.25) is 0 Å². The SMILES string of the molecule is CCNc1cccnc1N1CCN(CC(=O)C2C(C)CC3C4CCC5=CC(=O)C=CC5(C)C4=CCC32C)CC1. The number of nitrogens with zero attached hydrogens (tertiary/aromatic N) is 3.